The lowest BCUT2D eigenvalue weighted by Gasteiger charge is -2.15. The molecule has 2 aromatic rings. The van der Waals surface area contributed by atoms with E-state index < -0.39 is 22.0 Å². The van der Waals surface area contributed by atoms with Crippen molar-refractivity contribution in [3.63, 3.8) is 0 Å². The molecule has 24 heavy (non-hydrogen) atoms. The summed E-state index contributed by atoms with van der Waals surface area (Å²) in [5.41, 5.74) is 0.238. The first kappa shape index (κ1) is 19.0. The average molecular weight is 408 g/mol. The van der Waals surface area contributed by atoms with Crippen molar-refractivity contribution in [1.82, 2.24) is 4.72 Å². The van der Waals surface area contributed by atoms with E-state index >= 15 is 0 Å². The van der Waals surface area contributed by atoms with Crippen LogP contribution in [0.25, 0.3) is 0 Å². The second-order valence-electron chi connectivity index (χ2n) is 4.89. The Morgan fingerprint density at radius 1 is 1.00 bits per heavy atom. The lowest BCUT2D eigenvalue weighted by molar-refractivity contribution is -0.117. The molecule has 2 aromatic carbocycles. The predicted octanol–water partition coefficient (Wildman–Crippen LogP) is 3.95. The van der Waals surface area contributed by atoms with Crippen molar-refractivity contribution in [3.05, 3.63) is 57.5 Å². The van der Waals surface area contributed by atoms with Crippen LogP contribution in [0.15, 0.2) is 47.4 Å². The number of halogens is 3. The second kappa shape index (κ2) is 7.72. The molecular formula is C15H13Cl3N2O3S. The lowest BCUT2D eigenvalue weighted by Crippen LogP contribution is -2.41. The molecule has 0 saturated carbocycles. The highest BCUT2D eigenvalue weighted by Gasteiger charge is 2.22. The maximum atomic E-state index is 12.2. The Bertz CT molecular complexity index is 858. The molecule has 0 spiro atoms. The second-order valence-corrected chi connectivity index (χ2v) is 7.83. The molecule has 1 amide bonds. The fourth-order valence-electron chi connectivity index (χ4n) is 1.81. The van der Waals surface area contributed by atoms with Crippen LogP contribution in [0.1, 0.15) is 6.92 Å². The maximum absolute atomic E-state index is 12.2. The number of carbonyl (C=O) groups excluding carboxylic acids is 1. The van der Waals surface area contributed by atoms with Crippen molar-refractivity contribution < 1.29 is 13.2 Å². The molecule has 0 aromatic heterocycles. The number of anilines is 1. The van der Waals surface area contributed by atoms with Gasteiger partial charge in [-0.25, -0.2) is 8.42 Å². The van der Waals surface area contributed by atoms with Crippen molar-refractivity contribution in [2.45, 2.75) is 17.9 Å². The molecule has 9 heteroatoms. The zero-order valence-electron chi connectivity index (χ0n) is 12.4. The number of benzene rings is 2. The molecule has 5 nitrogen and oxygen atoms in total. The Hall–Kier alpha value is -1.31. The highest BCUT2D eigenvalue weighted by atomic mass is 35.5. The Morgan fingerprint density at radius 3 is 2.21 bits per heavy atom. The molecule has 0 heterocycles. The quantitative estimate of drug-likeness (QED) is 0.737. The van der Waals surface area contributed by atoms with Gasteiger partial charge in [0.2, 0.25) is 15.9 Å². The van der Waals surface area contributed by atoms with E-state index in [1.807, 2.05) is 0 Å². The molecule has 2 rings (SSSR count). The fourth-order valence-corrected chi connectivity index (χ4v) is 3.63. The number of carbonyl (C=O) groups is 1. The standard InChI is InChI=1S/C15H13Cl3N2O3S/c1-9(20-24(22,23)10-5-3-2-4-6-10)15(21)19-14-8-12(17)11(16)7-13(14)18/h2-9,20H,1H3,(H,19,21). The van der Waals surface area contributed by atoms with Crippen LogP contribution in [-0.2, 0) is 14.8 Å². The van der Waals surface area contributed by atoms with Crippen LogP contribution < -0.4 is 10.0 Å². The van der Waals surface area contributed by atoms with Gasteiger partial charge in [-0.2, -0.15) is 4.72 Å². The van der Waals surface area contributed by atoms with E-state index in [2.05, 4.69) is 10.0 Å². The zero-order valence-corrected chi connectivity index (χ0v) is 15.5. The summed E-state index contributed by atoms with van der Waals surface area (Å²) in [5, 5.41) is 3.17. The Balaban J connectivity index is 2.12. The van der Waals surface area contributed by atoms with Crippen molar-refractivity contribution >= 4 is 56.4 Å². The summed E-state index contributed by atoms with van der Waals surface area (Å²) in [6.07, 6.45) is 0. The molecule has 0 aliphatic heterocycles. The third-order valence-electron chi connectivity index (χ3n) is 3.05. The largest absolute Gasteiger partial charge is 0.323 e. The highest BCUT2D eigenvalue weighted by molar-refractivity contribution is 7.89. The van der Waals surface area contributed by atoms with Gasteiger partial charge in [-0.05, 0) is 31.2 Å². The highest BCUT2D eigenvalue weighted by Crippen LogP contribution is 2.32. The topological polar surface area (TPSA) is 75.3 Å². The van der Waals surface area contributed by atoms with E-state index in [1.54, 1.807) is 18.2 Å². The summed E-state index contributed by atoms with van der Waals surface area (Å²) in [4.78, 5) is 12.3. The van der Waals surface area contributed by atoms with Crippen molar-refractivity contribution in [2.75, 3.05) is 5.32 Å². The summed E-state index contributed by atoms with van der Waals surface area (Å²) in [6.45, 7) is 1.42. The van der Waals surface area contributed by atoms with Crippen molar-refractivity contribution in [2.24, 2.45) is 0 Å². The molecule has 0 aliphatic carbocycles. The monoisotopic (exact) mass is 406 g/mol. The Kier molecular flexibility index (Phi) is 6.11. The Labute approximate surface area is 155 Å². The summed E-state index contributed by atoms with van der Waals surface area (Å²) >= 11 is 17.7. The molecule has 0 aliphatic rings. The van der Waals surface area contributed by atoms with Crippen LogP contribution in [0, 0.1) is 0 Å². The number of rotatable bonds is 5. The van der Waals surface area contributed by atoms with Crippen LogP contribution in [0.4, 0.5) is 5.69 Å². The number of nitrogens with one attached hydrogen (secondary N) is 2. The van der Waals surface area contributed by atoms with Crippen LogP contribution in [-0.4, -0.2) is 20.4 Å². The van der Waals surface area contributed by atoms with E-state index in [9.17, 15) is 13.2 Å². The lowest BCUT2D eigenvalue weighted by atomic mass is 10.3. The van der Waals surface area contributed by atoms with Gasteiger partial charge in [0.05, 0.1) is 31.7 Å². The molecule has 0 bridgehead atoms. The van der Waals surface area contributed by atoms with Crippen LogP contribution in [0.3, 0.4) is 0 Å². The fraction of sp³-hybridized carbons (Fsp3) is 0.133. The van der Waals surface area contributed by atoms with Crippen molar-refractivity contribution in [1.29, 1.82) is 0 Å². The van der Waals surface area contributed by atoms with Gasteiger partial charge in [0.25, 0.3) is 0 Å². The van der Waals surface area contributed by atoms with Crippen LogP contribution >= 0.6 is 34.8 Å². The first-order valence-corrected chi connectivity index (χ1v) is 9.35. The molecule has 2 N–H and O–H groups in total. The van der Waals surface area contributed by atoms with E-state index in [-0.39, 0.29) is 25.7 Å². The molecule has 0 fully saturated rings. The van der Waals surface area contributed by atoms with Crippen LogP contribution in [0.2, 0.25) is 15.1 Å². The number of hydrogen-bond donors (Lipinski definition) is 2. The van der Waals surface area contributed by atoms with Gasteiger partial charge in [0.1, 0.15) is 0 Å². The summed E-state index contributed by atoms with van der Waals surface area (Å²) in [7, 11) is -3.81. The number of amides is 1. The molecule has 1 unspecified atom stereocenters. The Morgan fingerprint density at radius 2 is 1.58 bits per heavy atom. The third-order valence-corrected chi connectivity index (χ3v) is 5.64. The van der Waals surface area contributed by atoms with Crippen LogP contribution in [0.5, 0.6) is 0 Å². The molecule has 0 radical (unpaired) electrons. The predicted molar refractivity (Wildman–Crippen MR) is 96.3 cm³/mol. The van der Waals surface area contributed by atoms with E-state index in [0.29, 0.717) is 0 Å². The summed E-state index contributed by atoms with van der Waals surface area (Å²) in [6, 6.07) is 9.50. The molecule has 1 atom stereocenters. The maximum Gasteiger partial charge on any atom is 0.242 e. The van der Waals surface area contributed by atoms with Gasteiger partial charge in [-0.1, -0.05) is 53.0 Å². The SMILES string of the molecule is CC(NS(=O)(=O)c1ccccc1)C(=O)Nc1cc(Cl)c(Cl)cc1Cl. The van der Waals surface area contributed by atoms with Gasteiger partial charge in [-0.15, -0.1) is 0 Å². The van der Waals surface area contributed by atoms with Gasteiger partial charge in [0.15, 0.2) is 0 Å². The summed E-state index contributed by atoms with van der Waals surface area (Å²) < 4.78 is 26.7. The van der Waals surface area contributed by atoms with Gasteiger partial charge in [-0.3, -0.25) is 4.79 Å². The third kappa shape index (κ3) is 4.62. The van der Waals surface area contributed by atoms with Crippen molar-refractivity contribution in [3.8, 4) is 0 Å². The molecular weight excluding hydrogens is 395 g/mol. The minimum absolute atomic E-state index is 0.0669. The number of sulfonamides is 1. The first-order valence-electron chi connectivity index (χ1n) is 6.73. The van der Waals surface area contributed by atoms with E-state index in [4.69, 9.17) is 34.8 Å². The molecule has 128 valence electrons. The van der Waals surface area contributed by atoms with E-state index in [1.165, 1.54) is 31.2 Å². The minimum Gasteiger partial charge on any atom is -0.323 e. The molecule has 0 saturated heterocycles. The first-order chi connectivity index (χ1) is 11.2. The smallest absolute Gasteiger partial charge is 0.242 e. The van der Waals surface area contributed by atoms with Gasteiger partial charge >= 0.3 is 0 Å². The normalized spacial score (nSPS) is 12.7. The van der Waals surface area contributed by atoms with Gasteiger partial charge < -0.3 is 5.32 Å². The average Bonchev–Trinajstić information content (AvgIpc) is 2.53. The summed E-state index contributed by atoms with van der Waals surface area (Å²) in [5.74, 6) is -0.588. The minimum atomic E-state index is -3.81. The van der Waals surface area contributed by atoms with Gasteiger partial charge in [0, 0.05) is 0 Å². The zero-order chi connectivity index (χ0) is 17.9. The van der Waals surface area contributed by atoms with E-state index in [0.717, 1.165) is 0 Å². The number of hydrogen-bond acceptors (Lipinski definition) is 3.